The van der Waals surface area contributed by atoms with Crippen molar-refractivity contribution in [2.24, 2.45) is 0 Å². The van der Waals surface area contributed by atoms with Gasteiger partial charge >= 0.3 is 0 Å². The zero-order valence-electron chi connectivity index (χ0n) is 10.9. The monoisotopic (exact) mass is 264 g/mol. The number of aldehydes is 1. The van der Waals surface area contributed by atoms with Gasteiger partial charge in [0.2, 0.25) is 0 Å². The SMILES string of the molecule is Cc1ccccc1-n1cc(C=O)c(-c2cnccn2)n1. The van der Waals surface area contributed by atoms with Crippen LogP contribution in [0.5, 0.6) is 0 Å². The summed E-state index contributed by atoms with van der Waals surface area (Å²) in [6, 6.07) is 7.86. The molecule has 0 fully saturated rings. The number of rotatable bonds is 3. The minimum Gasteiger partial charge on any atom is -0.298 e. The molecule has 0 aliphatic heterocycles. The fourth-order valence-electron chi connectivity index (χ4n) is 2.04. The normalized spacial score (nSPS) is 10.4. The zero-order chi connectivity index (χ0) is 13.9. The maximum Gasteiger partial charge on any atom is 0.153 e. The first kappa shape index (κ1) is 12.2. The molecule has 0 N–H and O–H groups in total. The van der Waals surface area contributed by atoms with E-state index in [4.69, 9.17) is 0 Å². The standard InChI is InChI=1S/C15H12N4O/c1-11-4-2-3-5-14(11)19-9-12(10-20)15(18-19)13-8-16-6-7-17-13/h2-10H,1H3. The van der Waals surface area contributed by atoms with Gasteiger partial charge in [-0.05, 0) is 18.6 Å². The van der Waals surface area contributed by atoms with Crippen LogP contribution in [0.1, 0.15) is 15.9 Å². The first-order chi connectivity index (χ1) is 9.79. The highest BCUT2D eigenvalue weighted by atomic mass is 16.1. The first-order valence-electron chi connectivity index (χ1n) is 6.17. The topological polar surface area (TPSA) is 60.7 Å². The van der Waals surface area contributed by atoms with Gasteiger partial charge < -0.3 is 0 Å². The predicted molar refractivity (Wildman–Crippen MR) is 74.7 cm³/mol. The number of hydrogen-bond donors (Lipinski definition) is 0. The van der Waals surface area contributed by atoms with Crippen LogP contribution in [0.15, 0.2) is 49.1 Å². The van der Waals surface area contributed by atoms with Crippen LogP contribution in [-0.2, 0) is 0 Å². The summed E-state index contributed by atoms with van der Waals surface area (Å²) in [5.74, 6) is 0. The van der Waals surface area contributed by atoms with Crippen LogP contribution < -0.4 is 0 Å². The Bertz CT molecular complexity index is 750. The Hall–Kier alpha value is -2.82. The molecule has 1 aromatic carbocycles. The minimum atomic E-state index is 0.494. The van der Waals surface area contributed by atoms with Gasteiger partial charge in [0.1, 0.15) is 11.4 Å². The lowest BCUT2D eigenvalue weighted by Gasteiger charge is -2.04. The van der Waals surface area contributed by atoms with Crippen molar-refractivity contribution < 1.29 is 4.79 Å². The van der Waals surface area contributed by atoms with Crippen molar-refractivity contribution in [3.05, 3.63) is 60.2 Å². The number of aromatic nitrogens is 4. The highest BCUT2D eigenvalue weighted by Crippen LogP contribution is 2.21. The van der Waals surface area contributed by atoms with Gasteiger partial charge in [-0.1, -0.05) is 18.2 Å². The largest absolute Gasteiger partial charge is 0.298 e. The van der Waals surface area contributed by atoms with E-state index in [0.29, 0.717) is 17.0 Å². The van der Waals surface area contributed by atoms with Crippen LogP contribution >= 0.6 is 0 Å². The Morgan fingerprint density at radius 1 is 1.20 bits per heavy atom. The van der Waals surface area contributed by atoms with E-state index in [0.717, 1.165) is 17.5 Å². The van der Waals surface area contributed by atoms with E-state index in [1.54, 1.807) is 29.5 Å². The number of hydrogen-bond acceptors (Lipinski definition) is 4. The van der Waals surface area contributed by atoms with Gasteiger partial charge in [-0.2, -0.15) is 5.10 Å². The third-order valence-corrected chi connectivity index (χ3v) is 3.04. The van der Waals surface area contributed by atoms with E-state index in [1.165, 1.54) is 0 Å². The summed E-state index contributed by atoms with van der Waals surface area (Å²) in [6.07, 6.45) is 7.25. The molecule has 5 nitrogen and oxygen atoms in total. The molecular weight excluding hydrogens is 252 g/mol. The number of para-hydroxylation sites is 1. The molecule has 2 aromatic heterocycles. The van der Waals surface area contributed by atoms with Crippen LogP contribution in [0.2, 0.25) is 0 Å². The number of benzene rings is 1. The summed E-state index contributed by atoms with van der Waals surface area (Å²) < 4.78 is 1.70. The second-order valence-corrected chi connectivity index (χ2v) is 4.37. The van der Waals surface area contributed by atoms with Crippen molar-refractivity contribution in [3.8, 4) is 17.1 Å². The molecule has 0 aliphatic carbocycles. The fraction of sp³-hybridized carbons (Fsp3) is 0.0667. The lowest BCUT2D eigenvalue weighted by atomic mass is 10.2. The van der Waals surface area contributed by atoms with E-state index in [9.17, 15) is 4.79 Å². The quantitative estimate of drug-likeness (QED) is 0.682. The molecule has 20 heavy (non-hydrogen) atoms. The van der Waals surface area contributed by atoms with Gasteiger partial charge in [0.25, 0.3) is 0 Å². The smallest absolute Gasteiger partial charge is 0.153 e. The van der Waals surface area contributed by atoms with E-state index < -0.39 is 0 Å². The summed E-state index contributed by atoms with van der Waals surface area (Å²) in [5, 5.41) is 4.47. The summed E-state index contributed by atoms with van der Waals surface area (Å²) >= 11 is 0. The average molecular weight is 264 g/mol. The Kier molecular flexibility index (Phi) is 3.09. The Morgan fingerprint density at radius 3 is 2.75 bits per heavy atom. The van der Waals surface area contributed by atoms with Crippen molar-refractivity contribution in [1.29, 1.82) is 0 Å². The van der Waals surface area contributed by atoms with Crippen LogP contribution in [0.25, 0.3) is 17.1 Å². The molecular formula is C15H12N4O. The average Bonchev–Trinajstić information content (AvgIpc) is 2.92. The van der Waals surface area contributed by atoms with E-state index in [2.05, 4.69) is 15.1 Å². The summed E-state index contributed by atoms with van der Waals surface area (Å²) in [5.41, 5.74) is 3.64. The Labute approximate surface area is 115 Å². The Morgan fingerprint density at radius 2 is 2.05 bits per heavy atom. The summed E-state index contributed by atoms with van der Waals surface area (Å²) in [4.78, 5) is 19.4. The van der Waals surface area contributed by atoms with Gasteiger partial charge in [0.05, 0.1) is 17.4 Å². The molecule has 98 valence electrons. The van der Waals surface area contributed by atoms with Crippen molar-refractivity contribution in [2.75, 3.05) is 0 Å². The van der Waals surface area contributed by atoms with Crippen molar-refractivity contribution in [3.63, 3.8) is 0 Å². The summed E-state index contributed by atoms with van der Waals surface area (Å²) in [7, 11) is 0. The van der Waals surface area contributed by atoms with Crippen molar-refractivity contribution in [1.82, 2.24) is 19.7 Å². The van der Waals surface area contributed by atoms with E-state index in [1.807, 2.05) is 31.2 Å². The van der Waals surface area contributed by atoms with Crippen LogP contribution in [0.4, 0.5) is 0 Å². The van der Waals surface area contributed by atoms with Gasteiger partial charge in [0.15, 0.2) is 6.29 Å². The van der Waals surface area contributed by atoms with Crippen molar-refractivity contribution in [2.45, 2.75) is 6.92 Å². The van der Waals surface area contributed by atoms with Crippen LogP contribution in [-0.4, -0.2) is 26.0 Å². The molecule has 2 heterocycles. The predicted octanol–water partition coefficient (Wildman–Crippen LogP) is 2.45. The highest BCUT2D eigenvalue weighted by molar-refractivity contribution is 5.84. The maximum absolute atomic E-state index is 11.2. The lowest BCUT2D eigenvalue weighted by Crippen LogP contribution is -1.97. The molecule has 0 radical (unpaired) electrons. The number of aryl methyl sites for hydroxylation is 1. The lowest BCUT2D eigenvalue weighted by molar-refractivity contribution is 0.112. The Balaban J connectivity index is 2.15. The fourth-order valence-corrected chi connectivity index (χ4v) is 2.04. The molecule has 0 atom stereocenters. The second-order valence-electron chi connectivity index (χ2n) is 4.37. The maximum atomic E-state index is 11.2. The molecule has 3 rings (SSSR count). The molecule has 5 heteroatoms. The number of nitrogens with zero attached hydrogens (tertiary/aromatic N) is 4. The molecule has 0 bridgehead atoms. The van der Waals surface area contributed by atoms with Gasteiger partial charge in [0, 0.05) is 18.6 Å². The van der Waals surface area contributed by atoms with E-state index >= 15 is 0 Å². The highest BCUT2D eigenvalue weighted by Gasteiger charge is 2.13. The van der Waals surface area contributed by atoms with Gasteiger partial charge in [-0.15, -0.1) is 0 Å². The molecule has 3 aromatic rings. The van der Waals surface area contributed by atoms with Crippen LogP contribution in [0.3, 0.4) is 0 Å². The third kappa shape index (κ3) is 2.09. The van der Waals surface area contributed by atoms with E-state index in [-0.39, 0.29) is 0 Å². The molecule has 0 saturated carbocycles. The molecule has 0 aliphatic rings. The first-order valence-corrected chi connectivity index (χ1v) is 6.17. The second kappa shape index (κ2) is 5.05. The van der Waals surface area contributed by atoms with Gasteiger partial charge in [-0.3, -0.25) is 14.8 Å². The summed E-state index contributed by atoms with van der Waals surface area (Å²) in [6.45, 7) is 2.00. The molecule has 0 unspecified atom stereocenters. The minimum absolute atomic E-state index is 0.494. The number of carbonyl (C=O) groups excluding carboxylic acids is 1. The van der Waals surface area contributed by atoms with Crippen molar-refractivity contribution >= 4 is 6.29 Å². The zero-order valence-corrected chi connectivity index (χ0v) is 10.9. The molecule has 0 spiro atoms. The molecule has 0 amide bonds. The number of carbonyl (C=O) groups is 1. The van der Waals surface area contributed by atoms with Crippen LogP contribution in [0, 0.1) is 6.92 Å². The molecule has 0 saturated heterocycles. The van der Waals surface area contributed by atoms with Gasteiger partial charge in [-0.25, -0.2) is 4.68 Å². The third-order valence-electron chi connectivity index (χ3n) is 3.04.